The summed E-state index contributed by atoms with van der Waals surface area (Å²) in [6.45, 7) is 0. The van der Waals surface area contributed by atoms with Gasteiger partial charge in [0.25, 0.3) is 0 Å². The first-order valence-corrected chi connectivity index (χ1v) is 6.33. The van der Waals surface area contributed by atoms with Crippen LogP contribution in [0.1, 0.15) is 38.5 Å². The van der Waals surface area contributed by atoms with Gasteiger partial charge in [0, 0.05) is 18.3 Å². The molecule has 0 fully saturated rings. The van der Waals surface area contributed by atoms with E-state index in [1.54, 1.807) is 0 Å². The van der Waals surface area contributed by atoms with Gasteiger partial charge in [0.1, 0.15) is 0 Å². The lowest BCUT2D eigenvalue weighted by atomic mass is 10.1. The van der Waals surface area contributed by atoms with Gasteiger partial charge in [0.05, 0.1) is 0 Å². The van der Waals surface area contributed by atoms with E-state index in [1.165, 1.54) is 6.21 Å². The molecule has 0 heterocycles. The fourth-order valence-electron chi connectivity index (χ4n) is 1.68. The van der Waals surface area contributed by atoms with Crippen LogP contribution < -0.4 is 5.32 Å². The normalized spacial score (nSPS) is 10.7. The number of nitrogens with zero attached hydrogens (tertiary/aromatic N) is 1. The molecule has 0 aromatic heterocycles. The maximum atomic E-state index is 11.6. The molecule has 0 saturated carbocycles. The first kappa shape index (κ1) is 14.2. The number of hydrogen-bond acceptors (Lipinski definition) is 3. The zero-order valence-corrected chi connectivity index (χ0v) is 10.5. The zero-order chi connectivity index (χ0) is 13.1. The molecule has 0 radical (unpaired) electrons. The summed E-state index contributed by atoms with van der Waals surface area (Å²) in [5.41, 5.74) is 0.849. The Hall–Kier alpha value is -1.84. The lowest BCUT2D eigenvalue weighted by Crippen LogP contribution is -2.10. The predicted molar refractivity (Wildman–Crippen MR) is 73.1 cm³/mol. The Bertz CT molecular complexity index is 363. The van der Waals surface area contributed by atoms with Gasteiger partial charge < -0.3 is 10.5 Å². The van der Waals surface area contributed by atoms with E-state index in [9.17, 15) is 4.79 Å². The summed E-state index contributed by atoms with van der Waals surface area (Å²) in [6.07, 6.45) is 6.85. The Labute approximate surface area is 108 Å². The molecular formula is C14H20N2O2. The van der Waals surface area contributed by atoms with E-state index < -0.39 is 0 Å². The third-order valence-corrected chi connectivity index (χ3v) is 2.63. The van der Waals surface area contributed by atoms with Gasteiger partial charge in [-0.25, -0.2) is 0 Å². The highest BCUT2D eigenvalue weighted by atomic mass is 16.4. The van der Waals surface area contributed by atoms with E-state index >= 15 is 0 Å². The fourth-order valence-corrected chi connectivity index (χ4v) is 1.68. The minimum atomic E-state index is 0.0677. The minimum absolute atomic E-state index is 0.0677. The quantitative estimate of drug-likeness (QED) is 0.320. The summed E-state index contributed by atoms with van der Waals surface area (Å²) in [4.78, 5) is 11.6. The van der Waals surface area contributed by atoms with Crippen molar-refractivity contribution in [3.05, 3.63) is 30.3 Å². The molecule has 4 nitrogen and oxygen atoms in total. The SMILES string of the molecule is O=C(CCCCCC/C=N/O)Nc1ccccc1. The number of hydrogen-bond donors (Lipinski definition) is 2. The molecule has 2 N–H and O–H groups in total. The average molecular weight is 248 g/mol. The van der Waals surface area contributed by atoms with Crippen LogP contribution in [0.3, 0.4) is 0 Å². The van der Waals surface area contributed by atoms with Gasteiger partial charge >= 0.3 is 0 Å². The van der Waals surface area contributed by atoms with Crippen LogP contribution in [-0.2, 0) is 4.79 Å². The highest BCUT2D eigenvalue weighted by molar-refractivity contribution is 5.90. The summed E-state index contributed by atoms with van der Waals surface area (Å²) in [7, 11) is 0. The molecule has 0 aliphatic rings. The molecule has 1 rings (SSSR count). The van der Waals surface area contributed by atoms with Crippen molar-refractivity contribution in [3.8, 4) is 0 Å². The molecule has 0 spiro atoms. The van der Waals surface area contributed by atoms with E-state index in [2.05, 4.69) is 10.5 Å². The second-order valence-electron chi connectivity index (χ2n) is 4.17. The van der Waals surface area contributed by atoms with Crippen molar-refractivity contribution in [3.63, 3.8) is 0 Å². The maximum Gasteiger partial charge on any atom is 0.224 e. The van der Waals surface area contributed by atoms with E-state index in [0.29, 0.717) is 6.42 Å². The van der Waals surface area contributed by atoms with Crippen molar-refractivity contribution >= 4 is 17.8 Å². The Balaban J connectivity index is 2.04. The topological polar surface area (TPSA) is 61.7 Å². The molecule has 98 valence electrons. The van der Waals surface area contributed by atoms with Crippen LogP contribution in [0.4, 0.5) is 5.69 Å². The largest absolute Gasteiger partial charge is 0.411 e. The summed E-state index contributed by atoms with van der Waals surface area (Å²) in [6, 6.07) is 9.49. The second-order valence-corrected chi connectivity index (χ2v) is 4.17. The van der Waals surface area contributed by atoms with Gasteiger partial charge in [0.2, 0.25) is 5.91 Å². The van der Waals surface area contributed by atoms with Gasteiger partial charge in [0.15, 0.2) is 0 Å². The monoisotopic (exact) mass is 248 g/mol. The van der Waals surface area contributed by atoms with Crippen LogP contribution in [0.25, 0.3) is 0 Å². The number of amides is 1. The Kier molecular flexibility index (Phi) is 7.28. The third kappa shape index (κ3) is 6.68. The van der Waals surface area contributed by atoms with E-state index in [1.807, 2.05) is 30.3 Å². The first-order valence-electron chi connectivity index (χ1n) is 6.33. The number of anilines is 1. The maximum absolute atomic E-state index is 11.6. The molecule has 0 saturated heterocycles. The molecule has 0 atom stereocenters. The van der Waals surface area contributed by atoms with Crippen LogP contribution in [0.5, 0.6) is 0 Å². The highest BCUT2D eigenvalue weighted by Gasteiger charge is 2.01. The standard InChI is InChI=1S/C14H20N2O2/c17-14(16-13-9-5-4-6-10-13)11-7-2-1-3-8-12-15-18/h4-6,9-10,12,18H,1-3,7-8,11H2,(H,16,17)/b15-12+. The second kappa shape index (κ2) is 9.22. The average Bonchev–Trinajstić information content (AvgIpc) is 2.39. The lowest BCUT2D eigenvalue weighted by Gasteiger charge is -2.04. The van der Waals surface area contributed by atoms with Crippen molar-refractivity contribution in [1.29, 1.82) is 0 Å². The van der Waals surface area contributed by atoms with Crippen molar-refractivity contribution in [2.75, 3.05) is 5.32 Å². The molecule has 0 unspecified atom stereocenters. The van der Waals surface area contributed by atoms with Crippen molar-refractivity contribution < 1.29 is 10.0 Å². The minimum Gasteiger partial charge on any atom is -0.411 e. The molecule has 1 amide bonds. The van der Waals surface area contributed by atoms with Crippen LogP contribution in [0.15, 0.2) is 35.5 Å². The molecule has 1 aromatic carbocycles. The molecule has 0 aliphatic carbocycles. The first-order chi connectivity index (χ1) is 8.83. The Morgan fingerprint density at radius 2 is 1.89 bits per heavy atom. The number of rotatable bonds is 8. The Morgan fingerprint density at radius 3 is 2.61 bits per heavy atom. The van der Waals surface area contributed by atoms with Gasteiger partial charge in [-0.2, -0.15) is 0 Å². The fraction of sp³-hybridized carbons (Fsp3) is 0.429. The summed E-state index contributed by atoms with van der Waals surface area (Å²) >= 11 is 0. The van der Waals surface area contributed by atoms with E-state index in [0.717, 1.165) is 37.8 Å². The number of benzene rings is 1. The van der Waals surface area contributed by atoms with Crippen LogP contribution in [0, 0.1) is 0 Å². The third-order valence-electron chi connectivity index (χ3n) is 2.63. The zero-order valence-electron chi connectivity index (χ0n) is 10.5. The summed E-state index contributed by atoms with van der Waals surface area (Å²) < 4.78 is 0. The smallest absolute Gasteiger partial charge is 0.224 e. The molecule has 4 heteroatoms. The molecule has 1 aromatic rings. The highest BCUT2D eigenvalue weighted by Crippen LogP contribution is 2.08. The van der Waals surface area contributed by atoms with E-state index in [-0.39, 0.29) is 5.91 Å². The molecule has 0 aliphatic heterocycles. The van der Waals surface area contributed by atoms with Crippen molar-refractivity contribution in [2.45, 2.75) is 38.5 Å². The number of nitrogens with one attached hydrogen (secondary N) is 1. The predicted octanol–water partition coefficient (Wildman–Crippen LogP) is 3.43. The van der Waals surface area contributed by atoms with Crippen molar-refractivity contribution in [2.24, 2.45) is 5.16 Å². The molecule has 18 heavy (non-hydrogen) atoms. The van der Waals surface area contributed by atoms with Gasteiger partial charge in [-0.15, -0.1) is 5.16 Å². The van der Waals surface area contributed by atoms with Gasteiger partial charge in [-0.3, -0.25) is 4.79 Å². The number of para-hydroxylation sites is 1. The Morgan fingerprint density at radius 1 is 1.17 bits per heavy atom. The van der Waals surface area contributed by atoms with Crippen molar-refractivity contribution in [1.82, 2.24) is 0 Å². The van der Waals surface area contributed by atoms with E-state index in [4.69, 9.17) is 5.21 Å². The van der Waals surface area contributed by atoms with Gasteiger partial charge in [-0.05, 0) is 31.4 Å². The number of carbonyl (C=O) groups excluding carboxylic acids is 1. The summed E-state index contributed by atoms with van der Waals surface area (Å²) in [5.74, 6) is 0.0677. The summed E-state index contributed by atoms with van der Waals surface area (Å²) in [5, 5.41) is 14.0. The molecular weight excluding hydrogens is 228 g/mol. The van der Waals surface area contributed by atoms with Crippen LogP contribution >= 0.6 is 0 Å². The lowest BCUT2D eigenvalue weighted by molar-refractivity contribution is -0.116. The number of carbonyl (C=O) groups is 1. The van der Waals surface area contributed by atoms with Crippen LogP contribution in [-0.4, -0.2) is 17.3 Å². The number of unbranched alkanes of at least 4 members (excludes halogenated alkanes) is 4. The molecule has 0 bridgehead atoms. The van der Waals surface area contributed by atoms with Crippen LogP contribution in [0.2, 0.25) is 0 Å². The van der Waals surface area contributed by atoms with Gasteiger partial charge in [-0.1, -0.05) is 31.0 Å². The number of oxime groups is 1.